The molecule has 0 spiro atoms. The zero-order valence-electron chi connectivity index (χ0n) is 11.4. The number of ether oxygens (including phenoxy) is 1. The van der Waals surface area contributed by atoms with E-state index >= 15 is 0 Å². The van der Waals surface area contributed by atoms with Crippen LogP contribution in [0.2, 0.25) is 0 Å². The predicted octanol–water partition coefficient (Wildman–Crippen LogP) is 1.54. The molecule has 1 fully saturated rings. The average molecular weight is 248 g/mol. The van der Waals surface area contributed by atoms with Crippen molar-refractivity contribution in [2.24, 2.45) is 0 Å². The summed E-state index contributed by atoms with van der Waals surface area (Å²) in [4.78, 5) is 2.42. The first-order valence-corrected chi connectivity index (χ1v) is 6.80. The summed E-state index contributed by atoms with van der Waals surface area (Å²) in [6.45, 7) is 2.81. The topological polar surface area (TPSA) is 24.5 Å². The molecule has 1 saturated heterocycles. The predicted molar refractivity (Wildman–Crippen MR) is 74.8 cm³/mol. The van der Waals surface area contributed by atoms with Gasteiger partial charge in [0.15, 0.2) is 0 Å². The molecular formula is C15H24N2O. The molecule has 0 aromatic heterocycles. The van der Waals surface area contributed by atoms with E-state index in [1.165, 1.54) is 5.56 Å². The van der Waals surface area contributed by atoms with Crippen molar-refractivity contribution in [3.8, 4) is 0 Å². The van der Waals surface area contributed by atoms with Gasteiger partial charge in [-0.15, -0.1) is 0 Å². The minimum Gasteiger partial charge on any atom is -0.380 e. The van der Waals surface area contributed by atoms with E-state index in [2.05, 4.69) is 47.6 Å². The van der Waals surface area contributed by atoms with Gasteiger partial charge >= 0.3 is 0 Å². The summed E-state index contributed by atoms with van der Waals surface area (Å²) in [6, 6.07) is 11.7. The maximum atomic E-state index is 5.61. The second kappa shape index (κ2) is 6.88. The van der Waals surface area contributed by atoms with Crippen molar-refractivity contribution in [1.82, 2.24) is 10.2 Å². The normalized spacial score (nSPS) is 24.4. The van der Waals surface area contributed by atoms with Crippen LogP contribution in [0.3, 0.4) is 0 Å². The fourth-order valence-electron chi connectivity index (χ4n) is 2.61. The molecule has 1 N–H and O–H groups in total. The van der Waals surface area contributed by atoms with Crippen molar-refractivity contribution < 1.29 is 4.74 Å². The Morgan fingerprint density at radius 1 is 1.33 bits per heavy atom. The quantitative estimate of drug-likeness (QED) is 0.855. The van der Waals surface area contributed by atoms with Gasteiger partial charge in [-0.25, -0.2) is 0 Å². The maximum absolute atomic E-state index is 5.61. The van der Waals surface area contributed by atoms with Crippen LogP contribution >= 0.6 is 0 Å². The summed E-state index contributed by atoms with van der Waals surface area (Å²) in [5.74, 6) is 0. The van der Waals surface area contributed by atoms with E-state index in [4.69, 9.17) is 4.74 Å². The minimum atomic E-state index is 0.493. The van der Waals surface area contributed by atoms with Crippen molar-refractivity contribution >= 4 is 0 Å². The first-order valence-electron chi connectivity index (χ1n) is 6.80. The van der Waals surface area contributed by atoms with Crippen LogP contribution in [0.15, 0.2) is 30.3 Å². The lowest BCUT2D eigenvalue weighted by molar-refractivity contribution is 0.00826. The first-order chi connectivity index (χ1) is 8.81. The molecule has 2 atom stereocenters. The van der Waals surface area contributed by atoms with Crippen molar-refractivity contribution in [1.29, 1.82) is 0 Å². The molecule has 1 heterocycles. The van der Waals surface area contributed by atoms with Crippen LogP contribution in [-0.4, -0.2) is 50.8 Å². The number of rotatable bonds is 5. The molecule has 0 saturated carbocycles. The fourth-order valence-corrected chi connectivity index (χ4v) is 2.61. The van der Waals surface area contributed by atoms with E-state index in [-0.39, 0.29) is 0 Å². The number of hydrogen-bond donors (Lipinski definition) is 1. The molecular weight excluding hydrogens is 224 g/mol. The van der Waals surface area contributed by atoms with Crippen LogP contribution in [-0.2, 0) is 11.2 Å². The van der Waals surface area contributed by atoms with Gasteiger partial charge < -0.3 is 10.1 Å². The number of benzene rings is 1. The second-order valence-electron chi connectivity index (χ2n) is 5.04. The van der Waals surface area contributed by atoms with Crippen molar-refractivity contribution in [2.45, 2.75) is 24.9 Å². The molecule has 0 radical (unpaired) electrons. The Hall–Kier alpha value is -0.900. The largest absolute Gasteiger partial charge is 0.380 e. The Bertz CT molecular complexity index is 342. The third-order valence-corrected chi connectivity index (χ3v) is 3.86. The third-order valence-electron chi connectivity index (χ3n) is 3.86. The summed E-state index contributed by atoms with van der Waals surface area (Å²) in [6.07, 6.45) is 2.21. The average Bonchev–Trinajstić information content (AvgIpc) is 2.45. The highest BCUT2D eigenvalue weighted by Gasteiger charge is 2.27. The molecule has 18 heavy (non-hydrogen) atoms. The molecule has 1 aliphatic rings. The number of nitrogens with one attached hydrogen (secondary N) is 1. The zero-order valence-corrected chi connectivity index (χ0v) is 11.4. The lowest BCUT2D eigenvalue weighted by Crippen LogP contribution is -2.53. The van der Waals surface area contributed by atoms with Gasteiger partial charge in [-0.2, -0.15) is 0 Å². The van der Waals surface area contributed by atoms with Gasteiger partial charge in [0.2, 0.25) is 0 Å². The van der Waals surface area contributed by atoms with Crippen molar-refractivity contribution in [3.05, 3.63) is 35.9 Å². The van der Waals surface area contributed by atoms with Crippen LogP contribution in [0.5, 0.6) is 0 Å². The zero-order chi connectivity index (χ0) is 12.8. The molecule has 3 heteroatoms. The van der Waals surface area contributed by atoms with Crippen LogP contribution in [0.25, 0.3) is 0 Å². The number of hydrogen-bond acceptors (Lipinski definition) is 3. The SMILES string of the molecule is CNC1CCOCC1N(C)CCc1ccccc1. The summed E-state index contributed by atoms with van der Waals surface area (Å²) in [7, 11) is 4.25. The second-order valence-corrected chi connectivity index (χ2v) is 5.04. The highest BCUT2D eigenvalue weighted by molar-refractivity contribution is 5.14. The van der Waals surface area contributed by atoms with E-state index in [0.717, 1.165) is 32.6 Å². The Morgan fingerprint density at radius 3 is 2.83 bits per heavy atom. The van der Waals surface area contributed by atoms with Gasteiger partial charge in [0.25, 0.3) is 0 Å². The van der Waals surface area contributed by atoms with Crippen LogP contribution in [0, 0.1) is 0 Å². The first kappa shape index (κ1) is 13.5. The Labute approximate surface area is 110 Å². The number of nitrogens with zero attached hydrogens (tertiary/aromatic N) is 1. The Morgan fingerprint density at radius 2 is 2.11 bits per heavy atom. The molecule has 3 nitrogen and oxygen atoms in total. The number of likely N-dealkylation sites (N-methyl/N-ethyl adjacent to an activating group) is 2. The van der Waals surface area contributed by atoms with Crippen LogP contribution in [0.4, 0.5) is 0 Å². The Balaban J connectivity index is 1.85. The van der Waals surface area contributed by atoms with E-state index < -0.39 is 0 Å². The summed E-state index contributed by atoms with van der Waals surface area (Å²) in [5, 5.41) is 3.41. The highest BCUT2D eigenvalue weighted by atomic mass is 16.5. The molecule has 2 unspecified atom stereocenters. The molecule has 2 rings (SSSR count). The van der Waals surface area contributed by atoms with Gasteiger partial charge in [0.1, 0.15) is 0 Å². The minimum absolute atomic E-state index is 0.493. The highest BCUT2D eigenvalue weighted by Crippen LogP contribution is 2.13. The summed E-state index contributed by atoms with van der Waals surface area (Å²) < 4.78 is 5.61. The van der Waals surface area contributed by atoms with Crippen LogP contribution in [0.1, 0.15) is 12.0 Å². The molecule has 1 aromatic carbocycles. The molecule has 0 aliphatic carbocycles. The lowest BCUT2D eigenvalue weighted by Gasteiger charge is -2.37. The monoisotopic (exact) mass is 248 g/mol. The van der Waals surface area contributed by atoms with Gasteiger partial charge in [0, 0.05) is 25.2 Å². The maximum Gasteiger partial charge on any atom is 0.0636 e. The molecule has 1 aromatic rings. The van der Waals surface area contributed by atoms with Crippen molar-refractivity contribution in [2.75, 3.05) is 33.9 Å². The van der Waals surface area contributed by atoms with E-state index in [9.17, 15) is 0 Å². The standard InChI is InChI=1S/C15H24N2O/c1-16-14-9-11-18-12-15(14)17(2)10-8-13-6-4-3-5-7-13/h3-7,14-16H,8-12H2,1-2H3. The van der Waals surface area contributed by atoms with Gasteiger partial charge in [0.05, 0.1) is 6.61 Å². The lowest BCUT2D eigenvalue weighted by atomic mass is 10.0. The molecule has 0 amide bonds. The van der Waals surface area contributed by atoms with Crippen molar-refractivity contribution in [3.63, 3.8) is 0 Å². The Kier molecular flexibility index (Phi) is 5.17. The smallest absolute Gasteiger partial charge is 0.0636 e. The van der Waals surface area contributed by atoms with E-state index in [1.807, 2.05) is 7.05 Å². The molecule has 1 aliphatic heterocycles. The molecule has 100 valence electrons. The fraction of sp³-hybridized carbons (Fsp3) is 0.600. The van der Waals surface area contributed by atoms with Crippen LogP contribution < -0.4 is 5.32 Å². The van der Waals surface area contributed by atoms with E-state index in [0.29, 0.717) is 12.1 Å². The van der Waals surface area contributed by atoms with E-state index in [1.54, 1.807) is 0 Å². The summed E-state index contributed by atoms with van der Waals surface area (Å²) >= 11 is 0. The summed E-state index contributed by atoms with van der Waals surface area (Å²) in [5.41, 5.74) is 1.40. The molecule has 0 bridgehead atoms. The van der Waals surface area contributed by atoms with Gasteiger partial charge in [-0.05, 0) is 32.5 Å². The third kappa shape index (κ3) is 3.55. The van der Waals surface area contributed by atoms with Gasteiger partial charge in [-0.1, -0.05) is 30.3 Å². The van der Waals surface area contributed by atoms with Gasteiger partial charge in [-0.3, -0.25) is 4.90 Å².